The second-order valence-electron chi connectivity index (χ2n) is 5.21. The number of allylic oxidation sites excluding steroid dienone is 2. The first-order chi connectivity index (χ1) is 10.2. The van der Waals surface area contributed by atoms with Crippen LogP contribution in [-0.4, -0.2) is 30.3 Å². The van der Waals surface area contributed by atoms with Crippen LogP contribution in [0.4, 0.5) is 9.59 Å². The summed E-state index contributed by atoms with van der Waals surface area (Å²) in [5.74, 6) is 0. The Morgan fingerprint density at radius 2 is 1.62 bits per heavy atom. The number of rotatable bonds is 7. The van der Waals surface area contributed by atoms with Crippen molar-refractivity contribution in [1.82, 2.24) is 4.90 Å². The quantitative estimate of drug-likeness (QED) is 0.643. The number of ether oxygens (including phenoxy) is 2. The monoisotopic (exact) mass is 297 g/mol. The van der Waals surface area contributed by atoms with Gasteiger partial charge in [0.2, 0.25) is 0 Å². The summed E-state index contributed by atoms with van der Waals surface area (Å²) in [6.45, 7) is 4.71. The Kier molecular flexibility index (Phi) is 8.55. The van der Waals surface area contributed by atoms with E-state index in [1.807, 2.05) is 19.9 Å². The van der Waals surface area contributed by atoms with E-state index in [9.17, 15) is 9.59 Å². The molecule has 0 radical (unpaired) electrons. The Labute approximate surface area is 127 Å². The van der Waals surface area contributed by atoms with Crippen LogP contribution in [-0.2, 0) is 9.47 Å². The van der Waals surface area contributed by atoms with Crippen LogP contribution in [0.15, 0.2) is 11.8 Å². The van der Waals surface area contributed by atoms with E-state index in [0.717, 1.165) is 49.8 Å². The number of unbranched alkanes of at least 4 members (excludes halogenated alkanes) is 2. The number of nitrogens with zero attached hydrogens (tertiary/aromatic N) is 1. The lowest BCUT2D eigenvalue weighted by molar-refractivity contribution is 0.0838. The zero-order chi connectivity index (χ0) is 15.5. The second kappa shape index (κ2) is 10.2. The highest BCUT2D eigenvalue weighted by Crippen LogP contribution is 2.22. The molecule has 0 aliphatic heterocycles. The molecule has 0 fully saturated rings. The molecule has 1 aliphatic carbocycles. The summed E-state index contributed by atoms with van der Waals surface area (Å²) in [5, 5.41) is 0. The molecule has 0 unspecified atom stereocenters. The van der Waals surface area contributed by atoms with Crippen molar-refractivity contribution in [2.45, 2.75) is 65.2 Å². The zero-order valence-electron chi connectivity index (χ0n) is 13.2. The highest BCUT2D eigenvalue weighted by molar-refractivity contribution is 5.90. The van der Waals surface area contributed by atoms with Crippen molar-refractivity contribution < 1.29 is 19.1 Å². The molecule has 1 aliphatic rings. The van der Waals surface area contributed by atoms with E-state index in [4.69, 9.17) is 9.47 Å². The lowest BCUT2D eigenvalue weighted by atomic mass is 10.0. The summed E-state index contributed by atoms with van der Waals surface area (Å²) in [7, 11) is 0. The Bertz CT molecular complexity index is 343. The predicted molar refractivity (Wildman–Crippen MR) is 80.9 cm³/mol. The van der Waals surface area contributed by atoms with Crippen molar-refractivity contribution in [3.63, 3.8) is 0 Å². The lowest BCUT2D eigenvalue weighted by Gasteiger charge is -2.24. The van der Waals surface area contributed by atoms with Gasteiger partial charge in [-0.2, -0.15) is 4.90 Å². The maximum absolute atomic E-state index is 12.2. The summed E-state index contributed by atoms with van der Waals surface area (Å²) < 4.78 is 10.3. The predicted octanol–water partition coefficient (Wildman–Crippen LogP) is 4.62. The Hall–Kier alpha value is -1.52. The summed E-state index contributed by atoms with van der Waals surface area (Å²) in [6.07, 6.45) is 7.85. The molecule has 0 bridgehead atoms. The van der Waals surface area contributed by atoms with Gasteiger partial charge >= 0.3 is 12.2 Å². The molecule has 120 valence electrons. The summed E-state index contributed by atoms with van der Waals surface area (Å²) in [4.78, 5) is 25.4. The maximum atomic E-state index is 12.2. The van der Waals surface area contributed by atoms with Gasteiger partial charge < -0.3 is 9.47 Å². The largest absolute Gasteiger partial charge is 0.449 e. The van der Waals surface area contributed by atoms with Crippen molar-refractivity contribution in [3.8, 4) is 0 Å². The molecule has 0 heterocycles. The van der Waals surface area contributed by atoms with Gasteiger partial charge in [0.05, 0.1) is 13.2 Å². The Morgan fingerprint density at radius 1 is 1.05 bits per heavy atom. The summed E-state index contributed by atoms with van der Waals surface area (Å²) >= 11 is 0. The minimum absolute atomic E-state index is 0.335. The SMILES string of the molecule is CCCCOC(=O)N(C(=O)OCCCC)C1=CCCCC1. The first-order valence-corrected chi connectivity index (χ1v) is 8.03. The molecule has 5 heteroatoms. The van der Waals surface area contributed by atoms with Crippen molar-refractivity contribution in [2.75, 3.05) is 13.2 Å². The van der Waals surface area contributed by atoms with Crippen molar-refractivity contribution in [1.29, 1.82) is 0 Å². The molecule has 1 rings (SSSR count). The number of carbonyl (C=O) groups excluding carboxylic acids is 2. The zero-order valence-corrected chi connectivity index (χ0v) is 13.2. The van der Waals surface area contributed by atoms with Crippen LogP contribution in [0.2, 0.25) is 0 Å². The van der Waals surface area contributed by atoms with Gasteiger partial charge in [-0.25, -0.2) is 9.59 Å². The molecule has 0 aromatic rings. The minimum atomic E-state index is -0.613. The third-order valence-corrected chi connectivity index (χ3v) is 3.37. The average Bonchev–Trinajstić information content (AvgIpc) is 2.49. The van der Waals surface area contributed by atoms with Crippen LogP contribution in [0.1, 0.15) is 65.2 Å². The standard InChI is InChI=1S/C16H27NO4/c1-3-5-12-20-15(18)17(14-10-8-7-9-11-14)16(19)21-13-6-4-2/h10H,3-9,11-13H2,1-2H3. The fourth-order valence-corrected chi connectivity index (χ4v) is 2.07. The van der Waals surface area contributed by atoms with Gasteiger partial charge in [0.1, 0.15) is 0 Å². The third-order valence-electron chi connectivity index (χ3n) is 3.37. The van der Waals surface area contributed by atoms with Gasteiger partial charge in [0, 0.05) is 5.70 Å². The van der Waals surface area contributed by atoms with E-state index in [2.05, 4.69) is 0 Å². The van der Waals surface area contributed by atoms with Crippen LogP contribution in [0, 0.1) is 0 Å². The van der Waals surface area contributed by atoms with Crippen LogP contribution in [0.5, 0.6) is 0 Å². The molecule has 21 heavy (non-hydrogen) atoms. The highest BCUT2D eigenvalue weighted by Gasteiger charge is 2.28. The van der Waals surface area contributed by atoms with Crippen molar-refractivity contribution in [3.05, 3.63) is 11.8 Å². The van der Waals surface area contributed by atoms with E-state index >= 15 is 0 Å². The van der Waals surface area contributed by atoms with E-state index in [1.165, 1.54) is 0 Å². The second-order valence-corrected chi connectivity index (χ2v) is 5.21. The lowest BCUT2D eigenvalue weighted by Crippen LogP contribution is -2.38. The van der Waals surface area contributed by atoms with Crippen molar-refractivity contribution >= 4 is 12.2 Å². The Balaban J connectivity index is 2.66. The van der Waals surface area contributed by atoms with Gasteiger partial charge in [-0.05, 0) is 38.5 Å². The molecule has 2 amide bonds. The fourth-order valence-electron chi connectivity index (χ4n) is 2.07. The van der Waals surface area contributed by atoms with Gasteiger partial charge in [0.25, 0.3) is 0 Å². The number of amides is 2. The van der Waals surface area contributed by atoms with Gasteiger partial charge in [0.15, 0.2) is 0 Å². The average molecular weight is 297 g/mol. The molecule has 0 N–H and O–H groups in total. The van der Waals surface area contributed by atoms with Gasteiger partial charge in [-0.3, -0.25) is 0 Å². The topological polar surface area (TPSA) is 55.8 Å². The minimum Gasteiger partial charge on any atom is -0.449 e. The fraction of sp³-hybridized carbons (Fsp3) is 0.750. The molecule has 0 aromatic heterocycles. The molecule has 0 aromatic carbocycles. The van der Waals surface area contributed by atoms with Crippen LogP contribution >= 0.6 is 0 Å². The maximum Gasteiger partial charge on any atom is 0.423 e. The number of hydrogen-bond donors (Lipinski definition) is 0. The molecule has 0 spiro atoms. The highest BCUT2D eigenvalue weighted by atomic mass is 16.6. The van der Waals surface area contributed by atoms with Gasteiger partial charge in [-0.15, -0.1) is 0 Å². The molecule has 5 nitrogen and oxygen atoms in total. The third kappa shape index (κ3) is 6.19. The van der Waals surface area contributed by atoms with E-state index in [0.29, 0.717) is 25.3 Å². The molecule has 0 saturated carbocycles. The van der Waals surface area contributed by atoms with E-state index in [-0.39, 0.29) is 0 Å². The van der Waals surface area contributed by atoms with Crippen LogP contribution in [0.3, 0.4) is 0 Å². The Morgan fingerprint density at radius 3 is 2.05 bits per heavy atom. The number of hydrogen-bond acceptors (Lipinski definition) is 4. The van der Waals surface area contributed by atoms with Gasteiger partial charge in [-0.1, -0.05) is 32.8 Å². The van der Waals surface area contributed by atoms with E-state index in [1.54, 1.807) is 0 Å². The first kappa shape index (κ1) is 17.5. The summed E-state index contributed by atoms with van der Waals surface area (Å²) in [6, 6.07) is 0. The number of imide groups is 1. The normalized spacial score (nSPS) is 14.3. The number of carbonyl (C=O) groups is 2. The van der Waals surface area contributed by atoms with Crippen LogP contribution < -0.4 is 0 Å². The molecule has 0 atom stereocenters. The van der Waals surface area contributed by atoms with E-state index < -0.39 is 12.2 Å². The molecular formula is C16H27NO4. The van der Waals surface area contributed by atoms with Crippen molar-refractivity contribution in [2.24, 2.45) is 0 Å². The molecule has 0 saturated heterocycles. The molecular weight excluding hydrogens is 270 g/mol. The van der Waals surface area contributed by atoms with Crippen LogP contribution in [0.25, 0.3) is 0 Å². The first-order valence-electron chi connectivity index (χ1n) is 8.03. The smallest absolute Gasteiger partial charge is 0.423 e. The summed E-state index contributed by atoms with van der Waals surface area (Å²) in [5.41, 5.74) is 0.712.